The van der Waals surface area contributed by atoms with Crippen LogP contribution in [-0.2, 0) is 5.88 Å². The molecule has 2 rings (SSSR count). The fourth-order valence-electron chi connectivity index (χ4n) is 2.46. The number of nitrogens with zero attached hydrogens (tertiary/aromatic N) is 1. The van der Waals surface area contributed by atoms with Crippen LogP contribution in [0.4, 0.5) is 10.1 Å². The standard InChI is InChI=1S/C14H19ClFN/c15-11-12-10-13(16)6-7-14(12)17-8-4-2-1-3-5-9-17/h6-7,10H,1-5,8-9,11H2. The van der Waals surface area contributed by atoms with Crippen molar-refractivity contribution < 1.29 is 4.39 Å². The van der Waals surface area contributed by atoms with E-state index in [4.69, 9.17) is 11.6 Å². The van der Waals surface area contributed by atoms with Crippen molar-refractivity contribution in [3.05, 3.63) is 29.6 Å². The molecular formula is C14H19ClFN. The largest absolute Gasteiger partial charge is 0.371 e. The second-order valence-electron chi connectivity index (χ2n) is 4.66. The molecule has 0 aliphatic carbocycles. The Hall–Kier alpha value is -0.760. The highest BCUT2D eigenvalue weighted by atomic mass is 35.5. The van der Waals surface area contributed by atoms with Crippen molar-refractivity contribution in [3.63, 3.8) is 0 Å². The summed E-state index contributed by atoms with van der Waals surface area (Å²) in [6.07, 6.45) is 6.39. The van der Waals surface area contributed by atoms with Gasteiger partial charge < -0.3 is 4.90 Å². The molecule has 0 spiro atoms. The van der Waals surface area contributed by atoms with Crippen LogP contribution in [0.3, 0.4) is 0 Å². The molecule has 0 saturated carbocycles. The highest BCUT2D eigenvalue weighted by Gasteiger charge is 2.13. The summed E-state index contributed by atoms with van der Waals surface area (Å²) in [6, 6.07) is 4.96. The van der Waals surface area contributed by atoms with Crippen molar-refractivity contribution in [1.82, 2.24) is 0 Å². The van der Waals surface area contributed by atoms with Gasteiger partial charge in [-0.15, -0.1) is 11.6 Å². The van der Waals surface area contributed by atoms with Gasteiger partial charge in [0.2, 0.25) is 0 Å². The quantitative estimate of drug-likeness (QED) is 0.711. The van der Waals surface area contributed by atoms with E-state index in [0.717, 1.165) is 24.3 Å². The summed E-state index contributed by atoms with van der Waals surface area (Å²) in [5, 5.41) is 0. The van der Waals surface area contributed by atoms with Crippen molar-refractivity contribution in [2.24, 2.45) is 0 Å². The Morgan fingerprint density at radius 1 is 1.06 bits per heavy atom. The average Bonchev–Trinajstić information content (AvgIpc) is 2.29. The lowest BCUT2D eigenvalue weighted by atomic mass is 10.1. The Morgan fingerprint density at radius 2 is 1.71 bits per heavy atom. The Kier molecular flexibility index (Phi) is 4.66. The lowest BCUT2D eigenvalue weighted by Gasteiger charge is -2.28. The highest BCUT2D eigenvalue weighted by molar-refractivity contribution is 6.17. The molecule has 1 aliphatic heterocycles. The van der Waals surface area contributed by atoms with Gasteiger partial charge in [0.05, 0.1) is 0 Å². The number of alkyl halides is 1. The maximum absolute atomic E-state index is 13.2. The number of hydrogen-bond donors (Lipinski definition) is 0. The van der Waals surface area contributed by atoms with Gasteiger partial charge in [0.1, 0.15) is 5.82 Å². The third-order valence-electron chi connectivity index (χ3n) is 3.38. The van der Waals surface area contributed by atoms with Crippen LogP contribution in [0.25, 0.3) is 0 Å². The van der Waals surface area contributed by atoms with Gasteiger partial charge in [-0.1, -0.05) is 19.3 Å². The third kappa shape index (κ3) is 3.35. The summed E-state index contributed by atoms with van der Waals surface area (Å²) in [5.41, 5.74) is 2.02. The van der Waals surface area contributed by atoms with E-state index < -0.39 is 0 Å². The van der Waals surface area contributed by atoms with Gasteiger partial charge in [0.25, 0.3) is 0 Å². The summed E-state index contributed by atoms with van der Waals surface area (Å²) < 4.78 is 13.2. The number of halogens is 2. The van der Waals surface area contributed by atoms with E-state index in [0.29, 0.717) is 5.88 Å². The molecule has 1 fully saturated rings. The van der Waals surface area contributed by atoms with Crippen molar-refractivity contribution >= 4 is 17.3 Å². The summed E-state index contributed by atoms with van der Waals surface area (Å²) in [6.45, 7) is 2.13. The first kappa shape index (κ1) is 12.7. The minimum absolute atomic E-state index is 0.198. The molecule has 1 saturated heterocycles. The molecule has 1 aromatic carbocycles. The summed E-state index contributed by atoms with van der Waals surface area (Å²) in [7, 11) is 0. The van der Waals surface area contributed by atoms with Gasteiger partial charge in [-0.25, -0.2) is 4.39 Å². The summed E-state index contributed by atoms with van der Waals surface area (Å²) in [5.74, 6) is 0.181. The zero-order valence-electron chi connectivity index (χ0n) is 10.1. The van der Waals surface area contributed by atoms with Crippen LogP contribution in [0.2, 0.25) is 0 Å². The predicted molar refractivity (Wildman–Crippen MR) is 71.3 cm³/mol. The number of rotatable bonds is 2. The van der Waals surface area contributed by atoms with Crippen LogP contribution >= 0.6 is 11.6 Å². The zero-order valence-corrected chi connectivity index (χ0v) is 10.8. The molecule has 0 unspecified atom stereocenters. The first-order chi connectivity index (χ1) is 8.31. The molecule has 0 radical (unpaired) electrons. The van der Waals surface area contributed by atoms with E-state index in [2.05, 4.69) is 4.90 Å². The molecule has 94 valence electrons. The van der Waals surface area contributed by atoms with Crippen molar-refractivity contribution in [1.29, 1.82) is 0 Å². The van der Waals surface area contributed by atoms with Gasteiger partial charge in [-0.05, 0) is 36.6 Å². The predicted octanol–water partition coefficient (Wildman–Crippen LogP) is 4.34. The minimum Gasteiger partial charge on any atom is -0.371 e. The van der Waals surface area contributed by atoms with Crippen LogP contribution in [-0.4, -0.2) is 13.1 Å². The van der Waals surface area contributed by atoms with E-state index in [1.54, 1.807) is 6.07 Å². The van der Waals surface area contributed by atoms with Gasteiger partial charge in [-0.2, -0.15) is 0 Å². The lowest BCUT2D eigenvalue weighted by molar-refractivity contribution is 0.555. The molecule has 0 amide bonds. The van der Waals surface area contributed by atoms with E-state index in [-0.39, 0.29) is 5.82 Å². The molecule has 3 heteroatoms. The van der Waals surface area contributed by atoms with Crippen LogP contribution in [0.15, 0.2) is 18.2 Å². The Bertz CT molecular complexity index is 359. The summed E-state index contributed by atoms with van der Waals surface area (Å²) in [4.78, 5) is 2.36. The Balaban J connectivity index is 2.18. The smallest absolute Gasteiger partial charge is 0.123 e. The number of benzene rings is 1. The first-order valence-electron chi connectivity index (χ1n) is 6.40. The van der Waals surface area contributed by atoms with Crippen LogP contribution in [0, 0.1) is 5.82 Å². The van der Waals surface area contributed by atoms with Gasteiger partial charge in [0, 0.05) is 24.7 Å². The lowest BCUT2D eigenvalue weighted by Crippen LogP contribution is -2.27. The molecule has 0 bridgehead atoms. The van der Waals surface area contributed by atoms with E-state index in [9.17, 15) is 4.39 Å². The highest BCUT2D eigenvalue weighted by Crippen LogP contribution is 2.25. The minimum atomic E-state index is -0.198. The second kappa shape index (κ2) is 6.25. The topological polar surface area (TPSA) is 3.24 Å². The average molecular weight is 256 g/mol. The molecular weight excluding hydrogens is 237 g/mol. The second-order valence-corrected chi connectivity index (χ2v) is 4.93. The third-order valence-corrected chi connectivity index (χ3v) is 3.67. The van der Waals surface area contributed by atoms with Crippen molar-refractivity contribution in [3.8, 4) is 0 Å². The molecule has 1 heterocycles. The molecule has 0 aromatic heterocycles. The fourth-order valence-corrected chi connectivity index (χ4v) is 2.67. The molecule has 1 aromatic rings. The molecule has 1 nitrogen and oxygen atoms in total. The van der Waals surface area contributed by atoms with Gasteiger partial charge in [0.15, 0.2) is 0 Å². The normalized spacial score (nSPS) is 17.6. The first-order valence-corrected chi connectivity index (χ1v) is 6.94. The molecule has 1 aliphatic rings. The Labute approximate surface area is 108 Å². The maximum atomic E-state index is 13.2. The number of hydrogen-bond acceptors (Lipinski definition) is 1. The SMILES string of the molecule is Fc1ccc(N2CCCCCCC2)c(CCl)c1. The van der Waals surface area contributed by atoms with Crippen LogP contribution in [0.5, 0.6) is 0 Å². The van der Waals surface area contributed by atoms with Crippen molar-refractivity contribution in [2.75, 3.05) is 18.0 Å². The molecule has 17 heavy (non-hydrogen) atoms. The maximum Gasteiger partial charge on any atom is 0.123 e. The van der Waals surface area contributed by atoms with Crippen LogP contribution in [0.1, 0.15) is 37.7 Å². The monoisotopic (exact) mass is 255 g/mol. The summed E-state index contributed by atoms with van der Waals surface area (Å²) >= 11 is 5.90. The van der Waals surface area contributed by atoms with Gasteiger partial charge in [-0.3, -0.25) is 0 Å². The van der Waals surface area contributed by atoms with Crippen molar-refractivity contribution in [2.45, 2.75) is 38.0 Å². The van der Waals surface area contributed by atoms with Gasteiger partial charge >= 0.3 is 0 Å². The van der Waals surface area contributed by atoms with E-state index in [1.165, 1.54) is 38.2 Å². The molecule has 0 atom stereocenters. The van der Waals surface area contributed by atoms with E-state index in [1.807, 2.05) is 6.07 Å². The molecule has 0 N–H and O–H groups in total. The zero-order chi connectivity index (χ0) is 12.1. The Morgan fingerprint density at radius 3 is 2.35 bits per heavy atom. The van der Waals surface area contributed by atoms with E-state index >= 15 is 0 Å². The van der Waals surface area contributed by atoms with Crippen LogP contribution < -0.4 is 4.90 Å². The number of anilines is 1. The fraction of sp³-hybridized carbons (Fsp3) is 0.571.